The molecule has 6 aromatic carbocycles. The van der Waals surface area contributed by atoms with Crippen LogP contribution >= 0.6 is 34.8 Å². The summed E-state index contributed by atoms with van der Waals surface area (Å²) in [5.41, 5.74) is 8.21. The van der Waals surface area contributed by atoms with E-state index in [9.17, 15) is 61.0 Å². The number of nitrogens with zero attached hydrogens (tertiary/aromatic N) is 2. The fourth-order valence-electron chi connectivity index (χ4n) is 15.1. The van der Waals surface area contributed by atoms with Gasteiger partial charge in [-0.1, -0.05) is 118 Å². The van der Waals surface area contributed by atoms with E-state index >= 15 is 19.2 Å². The van der Waals surface area contributed by atoms with Crippen molar-refractivity contribution >= 4 is 64.4 Å². The maximum absolute atomic E-state index is 16.4. The highest BCUT2D eigenvalue weighted by Gasteiger charge is 2.51. The van der Waals surface area contributed by atoms with E-state index in [0.29, 0.717) is 39.7 Å². The smallest absolute Gasteiger partial charge is 0.330 e. The van der Waals surface area contributed by atoms with Crippen LogP contribution in [0.5, 0.6) is 28.7 Å². The number of carboxylic acids is 1. The van der Waals surface area contributed by atoms with E-state index in [4.69, 9.17) is 59.5 Å². The Kier molecular flexibility index (Phi) is 26.6. The molecule has 7 aliphatic heterocycles. The van der Waals surface area contributed by atoms with Crippen molar-refractivity contribution in [3.8, 4) is 51.1 Å². The number of phenolic OH excluding ortho intramolecular Hbond substituents is 3. The number of ether oxygens (including phenoxy) is 4. The van der Waals surface area contributed by atoms with E-state index < -0.39 is 187 Å². The topological polar surface area (TPSA) is 493 Å². The first-order chi connectivity index (χ1) is 55.2. The minimum atomic E-state index is -2.08. The van der Waals surface area contributed by atoms with Gasteiger partial charge in [-0.25, -0.2) is 4.79 Å². The molecule has 14 rings (SSSR count). The molecular formula is C82H92Cl3N11O20. The van der Waals surface area contributed by atoms with Crippen molar-refractivity contribution < 1.29 is 99.1 Å². The SMILES string of the molecule is C=C(N)C[C@@H]1NC(=O)C(NC(=C)[C@@H](CC(C)C)NC)[C@H](O)c2ccc(c(Cl)c2)Oc2cc3cc(c2C[C@@H]2O[C@H](CO)[C@@H](O[C@@H]4O[C@H](CNCc5cnc(-c6ccc(Cl)cc6)cn5)[C@H](O)[C@H](O)[C@H]4O)[C@H](O)[C@H]2O)Cc2ccc(cc2Cl)[C@@H](C)[C@@H]2NC(=O)[C@H](NC(=O)[C@@H]3NC1=C)c1ccc(O)c(c1)-c1c(O)cc(O)cc1[C@H](C(=O)O)NC2=O. The lowest BCUT2D eigenvalue weighted by atomic mass is 9.85. The van der Waals surface area contributed by atoms with E-state index in [-0.39, 0.29) is 98.2 Å². The average molecular weight is 1660 g/mol. The molecular weight excluding hydrogens is 1570 g/mol. The molecule has 0 saturated carbocycles. The van der Waals surface area contributed by atoms with Crippen molar-refractivity contribution in [2.24, 2.45) is 11.7 Å². The minimum absolute atomic E-state index is 0.00135. The van der Waals surface area contributed by atoms with Crippen LogP contribution in [0.4, 0.5) is 0 Å². The number of aliphatic hydroxyl groups is 7. The largest absolute Gasteiger partial charge is 0.508 e. The van der Waals surface area contributed by atoms with E-state index in [1.54, 1.807) is 55.7 Å². The fourth-order valence-corrected chi connectivity index (χ4v) is 15.7. The van der Waals surface area contributed by atoms with Gasteiger partial charge in [0.15, 0.2) is 12.3 Å². The number of carboxylic acid groups (broad SMARTS) is 1. The summed E-state index contributed by atoms with van der Waals surface area (Å²) in [5, 5.41) is 152. The molecule has 11 bridgehead atoms. The van der Waals surface area contributed by atoms with Crippen LogP contribution in [-0.4, -0.2) is 201 Å². The van der Waals surface area contributed by atoms with Crippen LogP contribution in [0.1, 0.15) is 114 Å². The highest BCUT2D eigenvalue weighted by Crippen LogP contribution is 2.46. The number of amides is 4. The van der Waals surface area contributed by atoms with Crippen LogP contribution in [0.25, 0.3) is 22.4 Å². The van der Waals surface area contributed by atoms with Crippen molar-refractivity contribution in [1.29, 1.82) is 0 Å². The minimum Gasteiger partial charge on any atom is -0.508 e. The zero-order valence-electron chi connectivity index (χ0n) is 63.3. The summed E-state index contributed by atoms with van der Waals surface area (Å²) in [4.78, 5) is 84.8. The van der Waals surface area contributed by atoms with Crippen LogP contribution in [0.2, 0.25) is 15.1 Å². The van der Waals surface area contributed by atoms with Crippen molar-refractivity contribution in [1.82, 2.24) is 52.5 Å². The Bertz CT molecular complexity index is 4890. The van der Waals surface area contributed by atoms with Gasteiger partial charge < -0.3 is 123 Å². The summed E-state index contributed by atoms with van der Waals surface area (Å²) >= 11 is 20.7. The molecule has 31 nitrogen and oxygen atoms in total. The van der Waals surface area contributed by atoms with E-state index in [1.807, 2.05) is 13.8 Å². The number of nitrogens with two attached hydrogens (primary N) is 1. The number of aliphatic carboxylic acids is 1. The molecule has 116 heavy (non-hydrogen) atoms. The van der Waals surface area contributed by atoms with Gasteiger partial charge >= 0.3 is 5.97 Å². The Labute approximate surface area is 681 Å². The number of hydrogen-bond donors (Lipinski definition) is 20. The fraction of sp³-hybridized carbons (Fsp3) is 0.378. The molecule has 34 heteroatoms. The number of benzene rings is 6. The van der Waals surface area contributed by atoms with Gasteiger partial charge in [0.1, 0.15) is 108 Å². The standard InChI is InChI=1S/C82H92Cl3N11O20/c1-34(2)18-54(87-7)37(5)92-69-70(101)43-13-17-59(53(85)24-43)113-60-25-45-21-44(49(60)28-61-71(102)74(105)76(63(33-97)114-61)116-82-75(106)73(104)72(103)62(115-82)32-88-29-47-30-90-56(31-89-47)39-10-14-46(83)15-11-39)20-41-9-8-40(23-52(41)84)36(4)65-77(107)96-68(81(111)112)51-26-48(98)27-58(100)64(51)50-22-42(12-16-57(50)99)66(78(108)94-65)95-79(109)67(45)91-38(6)55(19-35(3)86)93-80(69)110/h8-17,21-27,30-31,34,36,54-55,61-63,65-76,82,87-88,91-92,97-106H,3,5-6,18-20,28-29,32-33,86H2,1-2,4,7H3,(H,93,110)(H,94,108)(H,95,109)(H,96,107)(H,111,112)/t36-,54-,55+,61+,62-,63-,65+,66-,67-,68-,69?,70-,71+,72+,73+,74-,75-,76-,82+/m1/s1. The summed E-state index contributed by atoms with van der Waals surface area (Å²) in [7, 11) is 1.71. The number of carbonyl (C=O) groups excluding carboxylic acids is 4. The molecule has 2 saturated heterocycles. The average Bonchev–Trinajstić information content (AvgIpc) is 0.766. The zero-order valence-corrected chi connectivity index (χ0v) is 65.6. The van der Waals surface area contributed by atoms with Crippen molar-refractivity contribution in [2.45, 2.75) is 169 Å². The zero-order chi connectivity index (χ0) is 83.6. The Morgan fingerprint density at radius 2 is 1.40 bits per heavy atom. The second kappa shape index (κ2) is 36.2. The lowest BCUT2D eigenvalue weighted by Crippen LogP contribution is -2.65. The third kappa shape index (κ3) is 18.7. The second-order valence-corrected chi connectivity index (χ2v) is 31.2. The molecule has 19 atom stereocenters. The van der Waals surface area contributed by atoms with Gasteiger partial charge in [-0.05, 0) is 114 Å². The van der Waals surface area contributed by atoms with Gasteiger partial charge in [-0.15, -0.1) is 0 Å². The molecule has 4 amide bonds. The maximum Gasteiger partial charge on any atom is 0.330 e. The number of hydrogen-bond acceptors (Lipinski definition) is 26. The number of carbonyl (C=O) groups is 5. The molecule has 1 aromatic heterocycles. The summed E-state index contributed by atoms with van der Waals surface area (Å²) in [5.74, 6) is -9.10. The van der Waals surface area contributed by atoms with Crippen LogP contribution in [0.3, 0.4) is 0 Å². The van der Waals surface area contributed by atoms with Crippen LogP contribution in [0, 0.1) is 5.92 Å². The number of phenols is 3. The van der Waals surface area contributed by atoms with Gasteiger partial charge in [-0.3, -0.25) is 29.1 Å². The van der Waals surface area contributed by atoms with Crippen LogP contribution in [-0.2, 0) is 57.6 Å². The highest BCUT2D eigenvalue weighted by molar-refractivity contribution is 6.32. The number of aliphatic hydroxyl groups excluding tert-OH is 7. The second-order valence-electron chi connectivity index (χ2n) is 30.0. The van der Waals surface area contributed by atoms with Crippen molar-refractivity contribution in [3.63, 3.8) is 0 Å². The normalized spacial score (nSPS) is 27.2. The molecule has 7 aromatic rings. The van der Waals surface area contributed by atoms with Gasteiger partial charge in [0.2, 0.25) is 23.6 Å². The number of aromatic nitrogens is 2. The Morgan fingerprint density at radius 1 is 0.698 bits per heavy atom. The van der Waals surface area contributed by atoms with Crippen molar-refractivity contribution in [3.05, 3.63) is 218 Å². The predicted molar refractivity (Wildman–Crippen MR) is 424 cm³/mol. The molecule has 2 fully saturated rings. The third-order valence-corrected chi connectivity index (χ3v) is 22.3. The lowest BCUT2D eigenvalue weighted by Gasteiger charge is -2.46. The first-order valence-corrected chi connectivity index (χ1v) is 38.5. The lowest BCUT2D eigenvalue weighted by molar-refractivity contribution is -0.338. The first kappa shape index (κ1) is 85.3. The van der Waals surface area contributed by atoms with Gasteiger partial charge in [0.05, 0.1) is 47.6 Å². The van der Waals surface area contributed by atoms with Gasteiger partial charge in [0, 0.05) is 98.9 Å². The summed E-state index contributed by atoms with van der Waals surface area (Å²) in [6.45, 7) is 17.1. The van der Waals surface area contributed by atoms with E-state index in [1.165, 1.54) is 55.6 Å². The Balaban J connectivity index is 0.978. The van der Waals surface area contributed by atoms with E-state index in [0.717, 1.165) is 23.8 Å². The molecule has 0 radical (unpaired) electrons. The van der Waals surface area contributed by atoms with E-state index in [2.05, 4.69) is 72.2 Å². The van der Waals surface area contributed by atoms with Crippen LogP contribution < -0.4 is 53.0 Å². The maximum atomic E-state index is 16.4. The third-order valence-electron chi connectivity index (χ3n) is 21.4. The quantitative estimate of drug-likeness (QED) is 0.0524. The molecule has 8 heterocycles. The number of fused-ring (bicyclic) bond motifs is 15. The number of aromatic hydroxyl groups is 3. The highest BCUT2D eigenvalue weighted by atomic mass is 35.5. The molecule has 1 unspecified atom stereocenters. The Morgan fingerprint density at radius 3 is 2.07 bits per heavy atom. The summed E-state index contributed by atoms with van der Waals surface area (Å²) in [6.07, 6.45) is -16.5. The first-order valence-electron chi connectivity index (χ1n) is 37.4. The molecule has 0 spiro atoms. The molecule has 0 aliphatic carbocycles. The molecule has 7 aliphatic rings. The predicted octanol–water partition coefficient (Wildman–Crippen LogP) is 4.64. The summed E-state index contributed by atoms with van der Waals surface area (Å²) < 4.78 is 25.8. The van der Waals surface area contributed by atoms with Gasteiger partial charge in [-0.2, -0.15) is 0 Å². The van der Waals surface area contributed by atoms with Crippen molar-refractivity contribution in [2.75, 3.05) is 20.2 Å². The summed E-state index contributed by atoms with van der Waals surface area (Å²) in [6, 6.07) is 13.3. The number of likely N-dealkylation sites (N-methyl/N-ethyl adjacent to an activating group) is 1. The number of halogens is 3. The Hall–Kier alpha value is -10.0. The van der Waals surface area contributed by atoms with Crippen LogP contribution in [0.15, 0.2) is 152 Å². The molecule has 21 N–H and O–H groups in total. The number of rotatable bonds is 19. The molecule has 616 valence electrons. The monoisotopic (exact) mass is 1660 g/mol. The number of nitrogens with one attached hydrogen (secondary N) is 8. The van der Waals surface area contributed by atoms with Gasteiger partial charge in [0.25, 0.3) is 0 Å².